The summed E-state index contributed by atoms with van der Waals surface area (Å²) < 4.78 is 4.95. The van der Waals surface area contributed by atoms with E-state index in [1.54, 1.807) is 18.2 Å². The number of hydrogen-bond acceptors (Lipinski definition) is 4. The van der Waals surface area contributed by atoms with Gasteiger partial charge < -0.3 is 15.6 Å². The molecule has 0 aliphatic rings. The summed E-state index contributed by atoms with van der Waals surface area (Å²) in [7, 11) is 1.53. The summed E-state index contributed by atoms with van der Waals surface area (Å²) in [6.07, 6.45) is 0.0938. The zero-order valence-electron chi connectivity index (χ0n) is 7.99. The molecule has 76 valence electrons. The first-order valence-electron chi connectivity index (χ1n) is 4.26. The maximum atomic E-state index is 11.4. The molecule has 1 aromatic carbocycles. The Labute approximate surface area is 82.3 Å². The van der Waals surface area contributed by atoms with Crippen molar-refractivity contribution >= 4 is 11.5 Å². The lowest BCUT2D eigenvalue weighted by atomic mass is 10.1. The zero-order valence-corrected chi connectivity index (χ0v) is 7.99. The van der Waals surface area contributed by atoms with Crippen molar-refractivity contribution in [1.29, 1.82) is 0 Å². The van der Waals surface area contributed by atoms with Gasteiger partial charge in [-0.25, -0.2) is 0 Å². The Morgan fingerprint density at radius 3 is 2.79 bits per heavy atom. The van der Waals surface area contributed by atoms with Crippen molar-refractivity contribution in [2.75, 3.05) is 19.5 Å². The number of benzene rings is 1. The van der Waals surface area contributed by atoms with E-state index in [4.69, 9.17) is 15.6 Å². The van der Waals surface area contributed by atoms with Gasteiger partial charge in [-0.15, -0.1) is 0 Å². The highest BCUT2D eigenvalue weighted by atomic mass is 16.5. The van der Waals surface area contributed by atoms with Gasteiger partial charge in [0.15, 0.2) is 5.78 Å². The quantitative estimate of drug-likeness (QED) is 0.551. The predicted octanol–water partition coefficient (Wildman–Crippen LogP) is 0.843. The second-order valence-corrected chi connectivity index (χ2v) is 2.85. The van der Waals surface area contributed by atoms with Crippen LogP contribution >= 0.6 is 0 Å². The van der Waals surface area contributed by atoms with Gasteiger partial charge in [0, 0.05) is 23.7 Å². The molecule has 0 unspecified atom stereocenters. The average molecular weight is 195 g/mol. The fraction of sp³-hybridized carbons (Fsp3) is 0.300. The van der Waals surface area contributed by atoms with Gasteiger partial charge in [0.05, 0.1) is 13.7 Å². The van der Waals surface area contributed by atoms with Crippen LogP contribution < -0.4 is 10.5 Å². The van der Waals surface area contributed by atoms with Crippen LogP contribution in [0.25, 0.3) is 0 Å². The second kappa shape index (κ2) is 4.62. The third-order valence-electron chi connectivity index (χ3n) is 1.90. The van der Waals surface area contributed by atoms with Crippen LogP contribution in [-0.2, 0) is 0 Å². The molecule has 1 rings (SSSR count). The van der Waals surface area contributed by atoms with Crippen LogP contribution in [0.3, 0.4) is 0 Å². The number of ketones is 1. The van der Waals surface area contributed by atoms with Crippen molar-refractivity contribution in [3.8, 4) is 5.75 Å². The maximum Gasteiger partial charge on any atom is 0.167 e. The van der Waals surface area contributed by atoms with Crippen LogP contribution in [0.4, 0.5) is 5.69 Å². The lowest BCUT2D eigenvalue weighted by molar-refractivity contribution is 0.0957. The number of aliphatic hydroxyl groups is 1. The molecule has 0 aliphatic carbocycles. The molecule has 0 amide bonds. The number of hydrogen-bond donors (Lipinski definition) is 2. The lowest BCUT2D eigenvalue weighted by Crippen LogP contribution is -2.05. The Hall–Kier alpha value is -1.55. The molecular formula is C10H13NO3. The van der Waals surface area contributed by atoms with Gasteiger partial charge >= 0.3 is 0 Å². The smallest absolute Gasteiger partial charge is 0.167 e. The molecular weight excluding hydrogens is 182 g/mol. The number of ether oxygens (including phenoxy) is 1. The van der Waals surface area contributed by atoms with E-state index in [0.717, 1.165) is 0 Å². The molecule has 0 heterocycles. The number of anilines is 1. The highest BCUT2D eigenvalue weighted by Gasteiger charge is 2.09. The molecule has 0 spiro atoms. The van der Waals surface area contributed by atoms with E-state index in [9.17, 15) is 4.79 Å². The molecule has 0 aliphatic heterocycles. The van der Waals surface area contributed by atoms with Crippen LogP contribution in [-0.4, -0.2) is 24.6 Å². The molecule has 0 bridgehead atoms. The topological polar surface area (TPSA) is 72.5 Å². The minimum atomic E-state index is -0.162. The monoisotopic (exact) mass is 195 g/mol. The minimum absolute atomic E-state index is 0.0938. The SMILES string of the molecule is COc1ccc(C(=O)CCO)c(N)c1. The molecule has 0 saturated carbocycles. The first kappa shape index (κ1) is 10.5. The Morgan fingerprint density at radius 1 is 1.57 bits per heavy atom. The van der Waals surface area contributed by atoms with Crippen molar-refractivity contribution in [3.05, 3.63) is 23.8 Å². The first-order chi connectivity index (χ1) is 6.69. The molecule has 0 saturated heterocycles. The molecule has 1 aromatic rings. The Morgan fingerprint density at radius 2 is 2.29 bits per heavy atom. The summed E-state index contributed by atoms with van der Waals surface area (Å²) >= 11 is 0. The second-order valence-electron chi connectivity index (χ2n) is 2.85. The minimum Gasteiger partial charge on any atom is -0.497 e. The van der Waals surface area contributed by atoms with E-state index in [1.165, 1.54) is 7.11 Å². The molecule has 3 N–H and O–H groups in total. The number of carbonyl (C=O) groups excluding carboxylic acids is 1. The van der Waals surface area contributed by atoms with E-state index in [0.29, 0.717) is 17.0 Å². The fourth-order valence-corrected chi connectivity index (χ4v) is 1.16. The Kier molecular flexibility index (Phi) is 3.48. The number of aliphatic hydroxyl groups excluding tert-OH is 1. The number of nitrogens with two attached hydrogens (primary N) is 1. The summed E-state index contributed by atoms with van der Waals surface area (Å²) in [6.45, 7) is -0.162. The normalized spacial score (nSPS) is 9.86. The van der Waals surface area contributed by atoms with E-state index in [-0.39, 0.29) is 18.8 Å². The number of rotatable bonds is 4. The summed E-state index contributed by atoms with van der Waals surface area (Å²) in [5, 5.41) is 8.60. The highest BCUT2D eigenvalue weighted by molar-refractivity contribution is 6.00. The third kappa shape index (κ3) is 2.23. The van der Waals surface area contributed by atoms with E-state index < -0.39 is 0 Å². The molecule has 14 heavy (non-hydrogen) atoms. The first-order valence-corrected chi connectivity index (χ1v) is 4.26. The van der Waals surface area contributed by atoms with Gasteiger partial charge in [0.25, 0.3) is 0 Å². The van der Waals surface area contributed by atoms with Crippen LogP contribution in [0.15, 0.2) is 18.2 Å². The van der Waals surface area contributed by atoms with Crippen LogP contribution in [0.2, 0.25) is 0 Å². The standard InChI is InChI=1S/C10H13NO3/c1-14-7-2-3-8(9(11)6-7)10(13)4-5-12/h2-3,6,12H,4-5,11H2,1H3. The predicted molar refractivity (Wildman–Crippen MR) is 53.4 cm³/mol. The molecule has 4 nitrogen and oxygen atoms in total. The van der Waals surface area contributed by atoms with Gasteiger partial charge in [-0.1, -0.05) is 0 Å². The largest absolute Gasteiger partial charge is 0.497 e. The van der Waals surface area contributed by atoms with Crippen molar-refractivity contribution in [2.24, 2.45) is 0 Å². The van der Waals surface area contributed by atoms with Gasteiger partial charge in [-0.2, -0.15) is 0 Å². The molecule has 0 fully saturated rings. The van der Waals surface area contributed by atoms with E-state index in [1.807, 2.05) is 0 Å². The van der Waals surface area contributed by atoms with Crippen molar-refractivity contribution < 1.29 is 14.6 Å². The van der Waals surface area contributed by atoms with E-state index in [2.05, 4.69) is 0 Å². The average Bonchev–Trinajstić information content (AvgIpc) is 2.17. The summed E-state index contributed by atoms with van der Waals surface area (Å²) in [6, 6.07) is 4.86. The van der Waals surface area contributed by atoms with Crippen molar-refractivity contribution in [1.82, 2.24) is 0 Å². The third-order valence-corrected chi connectivity index (χ3v) is 1.90. The van der Waals surface area contributed by atoms with Gasteiger partial charge in [0.2, 0.25) is 0 Å². The van der Waals surface area contributed by atoms with Crippen molar-refractivity contribution in [2.45, 2.75) is 6.42 Å². The molecule has 0 atom stereocenters. The summed E-state index contributed by atoms with van der Waals surface area (Å²) in [4.78, 5) is 11.4. The van der Waals surface area contributed by atoms with Crippen LogP contribution in [0.5, 0.6) is 5.75 Å². The van der Waals surface area contributed by atoms with Gasteiger partial charge in [-0.3, -0.25) is 4.79 Å². The number of nitrogen functional groups attached to an aromatic ring is 1. The zero-order chi connectivity index (χ0) is 10.6. The van der Waals surface area contributed by atoms with Crippen LogP contribution in [0.1, 0.15) is 16.8 Å². The van der Waals surface area contributed by atoms with Gasteiger partial charge in [0.1, 0.15) is 5.75 Å². The van der Waals surface area contributed by atoms with Crippen molar-refractivity contribution in [3.63, 3.8) is 0 Å². The Balaban J connectivity index is 2.94. The number of carbonyl (C=O) groups is 1. The maximum absolute atomic E-state index is 11.4. The molecule has 4 heteroatoms. The number of methoxy groups -OCH3 is 1. The molecule has 0 radical (unpaired) electrons. The fourth-order valence-electron chi connectivity index (χ4n) is 1.16. The Bertz CT molecular complexity index is 336. The number of Topliss-reactive ketones (excluding diaryl/α,β-unsaturated/α-hetero) is 1. The summed E-state index contributed by atoms with van der Waals surface area (Å²) in [5.41, 5.74) is 6.45. The lowest BCUT2D eigenvalue weighted by Gasteiger charge is -2.05. The molecule has 0 aromatic heterocycles. The van der Waals surface area contributed by atoms with Crippen LogP contribution in [0, 0.1) is 0 Å². The summed E-state index contributed by atoms with van der Waals surface area (Å²) in [5.74, 6) is 0.454. The van der Waals surface area contributed by atoms with Gasteiger partial charge in [-0.05, 0) is 12.1 Å². The van der Waals surface area contributed by atoms with E-state index >= 15 is 0 Å². The highest BCUT2D eigenvalue weighted by Crippen LogP contribution is 2.20.